The van der Waals surface area contributed by atoms with Crippen molar-refractivity contribution in [2.45, 2.75) is 62.0 Å². The summed E-state index contributed by atoms with van der Waals surface area (Å²) < 4.78 is 30.1. The lowest BCUT2D eigenvalue weighted by Crippen LogP contribution is -2.55. The number of rotatable bonds is 12. The molecule has 1 aliphatic carbocycles. The summed E-state index contributed by atoms with van der Waals surface area (Å²) in [6.45, 7) is -0.466. The molecule has 0 radical (unpaired) electrons. The first kappa shape index (κ1) is 33.7. The van der Waals surface area contributed by atoms with Crippen molar-refractivity contribution < 1.29 is 18.0 Å². The zero-order valence-corrected chi connectivity index (χ0v) is 28.6. The monoisotopic (exact) mass is 721 g/mol. The van der Waals surface area contributed by atoms with Gasteiger partial charge in [-0.2, -0.15) is 0 Å². The number of carbonyl (C=O) groups excluding carboxylic acids is 2. The standard InChI is InChI=1S/C36H37BrClN3O4S/c37-29-16-12-15-28(23-29)25-40(34(24-27-13-4-1-5-14-27)36(43)39-30-17-6-2-7-18-30)35(42)26-41(33-22-11-10-21-32(33)38)46(44,45)31-19-8-3-9-20-31/h1,3-5,8-16,19-23,30,34H,2,6-7,17-18,24-26H2,(H,39,43)/t34-/m0/s1. The highest BCUT2D eigenvalue weighted by Crippen LogP contribution is 2.31. The second-order valence-electron chi connectivity index (χ2n) is 11.5. The number of halogens is 2. The Morgan fingerprint density at radius 3 is 2.13 bits per heavy atom. The normalized spacial score (nSPS) is 14.3. The quantitative estimate of drug-likeness (QED) is 0.165. The van der Waals surface area contributed by atoms with Crippen molar-refractivity contribution in [2.24, 2.45) is 0 Å². The third-order valence-corrected chi connectivity index (χ3v) is 10.8. The van der Waals surface area contributed by atoms with Crippen LogP contribution in [0.5, 0.6) is 0 Å². The molecule has 1 aliphatic rings. The lowest BCUT2D eigenvalue weighted by molar-refractivity contribution is -0.140. The van der Waals surface area contributed by atoms with Crippen LogP contribution in [0.25, 0.3) is 0 Å². The SMILES string of the molecule is O=C(NC1CCCCC1)[C@H](Cc1ccccc1)N(Cc1cccc(Br)c1)C(=O)CN(c1ccccc1Cl)S(=O)(=O)c1ccccc1. The van der Waals surface area contributed by atoms with E-state index in [1.807, 2.05) is 54.6 Å². The van der Waals surface area contributed by atoms with Gasteiger partial charge in [0.2, 0.25) is 11.8 Å². The lowest BCUT2D eigenvalue weighted by Gasteiger charge is -2.35. The predicted octanol–water partition coefficient (Wildman–Crippen LogP) is 7.39. The van der Waals surface area contributed by atoms with E-state index in [-0.39, 0.29) is 40.5 Å². The van der Waals surface area contributed by atoms with Crippen LogP contribution in [0.4, 0.5) is 5.69 Å². The summed E-state index contributed by atoms with van der Waals surface area (Å²) >= 11 is 10.1. The number of hydrogen-bond acceptors (Lipinski definition) is 4. The van der Waals surface area contributed by atoms with Crippen molar-refractivity contribution in [1.82, 2.24) is 10.2 Å². The third-order valence-electron chi connectivity index (χ3n) is 8.20. The van der Waals surface area contributed by atoms with Crippen LogP contribution in [0, 0.1) is 0 Å². The Morgan fingerprint density at radius 1 is 0.826 bits per heavy atom. The molecule has 46 heavy (non-hydrogen) atoms. The molecule has 240 valence electrons. The maximum absolute atomic E-state index is 14.6. The van der Waals surface area contributed by atoms with Crippen LogP contribution < -0.4 is 9.62 Å². The van der Waals surface area contributed by atoms with Gasteiger partial charge in [0.15, 0.2) is 0 Å². The summed E-state index contributed by atoms with van der Waals surface area (Å²) in [5.41, 5.74) is 1.86. The molecule has 1 fully saturated rings. The summed E-state index contributed by atoms with van der Waals surface area (Å²) in [6.07, 6.45) is 5.26. The van der Waals surface area contributed by atoms with Crippen LogP contribution in [0.3, 0.4) is 0 Å². The largest absolute Gasteiger partial charge is 0.352 e. The average Bonchev–Trinajstić information content (AvgIpc) is 3.07. The Kier molecular flexibility index (Phi) is 11.5. The van der Waals surface area contributed by atoms with Gasteiger partial charge in [-0.15, -0.1) is 0 Å². The van der Waals surface area contributed by atoms with E-state index in [0.29, 0.717) is 0 Å². The number of sulfonamides is 1. The van der Waals surface area contributed by atoms with Crippen molar-refractivity contribution in [3.05, 3.63) is 130 Å². The van der Waals surface area contributed by atoms with Crippen molar-refractivity contribution in [2.75, 3.05) is 10.8 Å². The van der Waals surface area contributed by atoms with E-state index in [1.165, 1.54) is 17.0 Å². The van der Waals surface area contributed by atoms with Gasteiger partial charge >= 0.3 is 0 Å². The fraction of sp³-hybridized carbons (Fsp3) is 0.278. The van der Waals surface area contributed by atoms with Crippen LogP contribution in [0.15, 0.2) is 119 Å². The molecule has 1 saturated carbocycles. The van der Waals surface area contributed by atoms with E-state index >= 15 is 0 Å². The molecule has 0 bridgehead atoms. The molecule has 5 rings (SSSR count). The van der Waals surface area contributed by atoms with Crippen molar-refractivity contribution in [1.29, 1.82) is 0 Å². The van der Waals surface area contributed by atoms with Crippen molar-refractivity contribution in [3.63, 3.8) is 0 Å². The van der Waals surface area contributed by atoms with Gasteiger partial charge < -0.3 is 10.2 Å². The number of amides is 2. The van der Waals surface area contributed by atoms with E-state index in [2.05, 4.69) is 21.2 Å². The van der Waals surface area contributed by atoms with Crippen LogP contribution >= 0.6 is 27.5 Å². The van der Waals surface area contributed by atoms with Gasteiger partial charge in [0, 0.05) is 23.5 Å². The van der Waals surface area contributed by atoms with E-state index in [1.54, 1.807) is 42.5 Å². The van der Waals surface area contributed by atoms with Gasteiger partial charge in [0.05, 0.1) is 15.6 Å². The fourth-order valence-corrected chi connectivity index (χ4v) is 8.01. The van der Waals surface area contributed by atoms with E-state index < -0.39 is 28.5 Å². The minimum Gasteiger partial charge on any atom is -0.352 e. The Bertz CT molecular complexity index is 1730. The second kappa shape index (κ2) is 15.8. The molecule has 0 unspecified atom stereocenters. The fourth-order valence-electron chi connectivity index (χ4n) is 5.82. The molecule has 1 N–H and O–H groups in total. The van der Waals surface area contributed by atoms with Gasteiger partial charge in [-0.1, -0.05) is 120 Å². The zero-order chi connectivity index (χ0) is 32.5. The molecule has 1 atom stereocenters. The molecule has 4 aromatic carbocycles. The van der Waals surface area contributed by atoms with Crippen LogP contribution in [0.2, 0.25) is 5.02 Å². The topological polar surface area (TPSA) is 86.8 Å². The first-order chi connectivity index (χ1) is 22.2. The van der Waals surface area contributed by atoms with Gasteiger partial charge in [-0.3, -0.25) is 13.9 Å². The number of benzene rings is 4. The van der Waals surface area contributed by atoms with E-state index in [4.69, 9.17) is 11.6 Å². The minimum absolute atomic E-state index is 0.0251. The van der Waals surface area contributed by atoms with Crippen molar-refractivity contribution in [3.8, 4) is 0 Å². The van der Waals surface area contributed by atoms with Crippen LogP contribution in [-0.2, 0) is 32.6 Å². The molecule has 2 amide bonds. The molecule has 10 heteroatoms. The summed E-state index contributed by atoms with van der Waals surface area (Å²) in [4.78, 5) is 30.3. The van der Waals surface area contributed by atoms with Crippen LogP contribution in [0.1, 0.15) is 43.2 Å². The number of hydrogen-bond donors (Lipinski definition) is 1. The summed E-state index contributed by atoms with van der Waals surface area (Å²) in [5, 5.41) is 3.41. The minimum atomic E-state index is -4.22. The Hall–Kier alpha value is -3.66. The Balaban J connectivity index is 1.56. The van der Waals surface area contributed by atoms with Gasteiger partial charge in [0.1, 0.15) is 12.6 Å². The van der Waals surface area contributed by atoms with E-state index in [0.717, 1.165) is 52.0 Å². The highest BCUT2D eigenvalue weighted by molar-refractivity contribution is 9.10. The Morgan fingerprint density at radius 2 is 1.46 bits per heavy atom. The lowest BCUT2D eigenvalue weighted by atomic mass is 9.94. The molecule has 0 heterocycles. The molecule has 4 aromatic rings. The average molecular weight is 723 g/mol. The first-order valence-electron chi connectivity index (χ1n) is 15.4. The highest BCUT2D eigenvalue weighted by Gasteiger charge is 2.36. The summed E-state index contributed by atoms with van der Waals surface area (Å²) in [7, 11) is -4.22. The Labute approximate surface area is 284 Å². The number of nitrogens with zero attached hydrogens (tertiary/aromatic N) is 2. The smallest absolute Gasteiger partial charge is 0.264 e. The molecular formula is C36H37BrClN3O4S. The summed E-state index contributed by atoms with van der Waals surface area (Å²) in [5.74, 6) is -0.784. The molecule has 0 aromatic heterocycles. The highest BCUT2D eigenvalue weighted by atomic mass is 79.9. The van der Waals surface area contributed by atoms with Crippen LogP contribution in [-0.4, -0.2) is 43.8 Å². The third kappa shape index (κ3) is 8.57. The van der Waals surface area contributed by atoms with Gasteiger partial charge in [-0.25, -0.2) is 8.42 Å². The number of para-hydroxylation sites is 1. The second-order valence-corrected chi connectivity index (χ2v) is 14.7. The summed E-state index contributed by atoms with van der Waals surface area (Å²) in [6, 6.07) is 30.7. The zero-order valence-electron chi connectivity index (χ0n) is 25.4. The maximum atomic E-state index is 14.6. The molecule has 0 saturated heterocycles. The molecular weight excluding hydrogens is 686 g/mol. The molecule has 0 spiro atoms. The van der Waals surface area contributed by atoms with Crippen molar-refractivity contribution >= 4 is 55.1 Å². The van der Waals surface area contributed by atoms with Gasteiger partial charge in [0.25, 0.3) is 10.0 Å². The van der Waals surface area contributed by atoms with Gasteiger partial charge in [-0.05, 0) is 60.4 Å². The number of anilines is 1. The predicted molar refractivity (Wildman–Crippen MR) is 186 cm³/mol. The molecule has 7 nitrogen and oxygen atoms in total. The first-order valence-corrected chi connectivity index (χ1v) is 18.0. The molecule has 0 aliphatic heterocycles. The number of carbonyl (C=O) groups is 2. The number of nitrogens with one attached hydrogen (secondary N) is 1. The maximum Gasteiger partial charge on any atom is 0.264 e. The van der Waals surface area contributed by atoms with E-state index in [9.17, 15) is 18.0 Å².